The molecule has 1 aliphatic heterocycles. The smallest absolute Gasteiger partial charge is 0.399 e. The van der Waals surface area contributed by atoms with Gasteiger partial charge in [-0.2, -0.15) is 0 Å². The normalized spacial score (nSPS) is 19.0. The van der Waals surface area contributed by atoms with Gasteiger partial charge in [0.15, 0.2) is 0 Å². The van der Waals surface area contributed by atoms with Gasteiger partial charge in [0.2, 0.25) is 0 Å². The average Bonchev–Trinajstić information content (AvgIpc) is 3.04. The highest BCUT2D eigenvalue weighted by atomic mass is 16.7. The highest BCUT2D eigenvalue weighted by molar-refractivity contribution is 6.62. The van der Waals surface area contributed by atoms with Crippen LogP contribution in [0.3, 0.4) is 0 Å². The van der Waals surface area contributed by atoms with Crippen molar-refractivity contribution in [2.45, 2.75) is 38.9 Å². The van der Waals surface area contributed by atoms with Crippen LogP contribution in [0.4, 0.5) is 0 Å². The summed E-state index contributed by atoms with van der Waals surface area (Å²) >= 11 is 0. The minimum absolute atomic E-state index is 0.103. The molecule has 4 aromatic carbocycles. The molecule has 0 saturated carbocycles. The summed E-state index contributed by atoms with van der Waals surface area (Å²) in [5, 5.41) is 2.31. The van der Waals surface area contributed by atoms with Crippen LogP contribution in [0.2, 0.25) is 0 Å². The standard InChI is InChI=1S/C28H27BO2/c1-27(2)28(3,4)31-29(30-27)24-18-16-21(17-19-24)20-12-14-23(15-13-20)26-11-7-9-22-8-5-6-10-25(22)26/h5-19H,1-4H3/i16D,17D,18D,19D. The van der Waals surface area contributed by atoms with Crippen molar-refractivity contribution in [2.24, 2.45) is 0 Å². The van der Waals surface area contributed by atoms with E-state index in [0.717, 1.165) is 21.9 Å². The fourth-order valence-corrected chi connectivity index (χ4v) is 3.84. The first kappa shape index (κ1) is 15.9. The Morgan fingerprint density at radius 2 is 1.23 bits per heavy atom. The molecule has 0 unspecified atom stereocenters. The van der Waals surface area contributed by atoms with Gasteiger partial charge in [-0.3, -0.25) is 0 Å². The van der Waals surface area contributed by atoms with Crippen molar-refractivity contribution in [1.29, 1.82) is 0 Å². The molecule has 0 amide bonds. The molecule has 0 bridgehead atoms. The van der Waals surface area contributed by atoms with Crippen molar-refractivity contribution in [2.75, 3.05) is 0 Å². The number of fused-ring (bicyclic) bond motifs is 1. The fraction of sp³-hybridized carbons (Fsp3) is 0.214. The average molecular weight is 410 g/mol. The molecule has 0 aliphatic carbocycles. The van der Waals surface area contributed by atoms with Crippen molar-refractivity contribution < 1.29 is 14.8 Å². The van der Waals surface area contributed by atoms with E-state index in [0.29, 0.717) is 5.56 Å². The van der Waals surface area contributed by atoms with Gasteiger partial charge in [-0.15, -0.1) is 0 Å². The fourth-order valence-electron chi connectivity index (χ4n) is 3.84. The van der Waals surface area contributed by atoms with E-state index in [2.05, 4.69) is 24.3 Å². The zero-order chi connectivity index (χ0) is 25.1. The second-order valence-corrected chi connectivity index (χ2v) is 8.98. The van der Waals surface area contributed by atoms with E-state index in [4.69, 9.17) is 14.8 Å². The van der Waals surface area contributed by atoms with Crippen LogP contribution >= 0.6 is 0 Å². The summed E-state index contributed by atoms with van der Waals surface area (Å²) in [5.74, 6) is 0. The lowest BCUT2D eigenvalue weighted by molar-refractivity contribution is 0.00578. The van der Waals surface area contributed by atoms with Crippen LogP contribution in [0.25, 0.3) is 33.0 Å². The molecule has 5 rings (SSSR count). The topological polar surface area (TPSA) is 18.5 Å². The lowest BCUT2D eigenvalue weighted by atomic mass is 9.78. The van der Waals surface area contributed by atoms with E-state index in [9.17, 15) is 0 Å². The lowest BCUT2D eigenvalue weighted by Gasteiger charge is -2.32. The maximum Gasteiger partial charge on any atom is 0.494 e. The third-order valence-electron chi connectivity index (χ3n) is 6.41. The molecule has 31 heavy (non-hydrogen) atoms. The predicted octanol–water partition coefficient (Wildman–Crippen LogP) is 6.47. The van der Waals surface area contributed by atoms with Crippen molar-refractivity contribution >= 4 is 23.4 Å². The lowest BCUT2D eigenvalue weighted by Crippen LogP contribution is -2.41. The van der Waals surface area contributed by atoms with Crippen LogP contribution in [0, 0.1) is 0 Å². The van der Waals surface area contributed by atoms with E-state index < -0.39 is 18.3 Å². The largest absolute Gasteiger partial charge is 0.494 e. The van der Waals surface area contributed by atoms with Crippen LogP contribution in [0.5, 0.6) is 0 Å². The summed E-state index contributed by atoms with van der Waals surface area (Å²) in [6.07, 6.45) is 0. The molecule has 1 fully saturated rings. The molecule has 0 N–H and O–H groups in total. The van der Waals surface area contributed by atoms with Crippen LogP contribution < -0.4 is 5.46 Å². The molecule has 0 aromatic heterocycles. The van der Waals surface area contributed by atoms with Gasteiger partial charge < -0.3 is 9.31 Å². The molecule has 0 radical (unpaired) electrons. The number of hydrogen-bond donors (Lipinski definition) is 0. The molecule has 1 saturated heterocycles. The van der Waals surface area contributed by atoms with Gasteiger partial charge in [-0.05, 0) is 66.2 Å². The van der Waals surface area contributed by atoms with E-state index in [1.807, 2.05) is 70.2 Å². The Hall–Kier alpha value is -2.88. The van der Waals surface area contributed by atoms with Gasteiger partial charge in [0, 0.05) is 0 Å². The summed E-state index contributed by atoms with van der Waals surface area (Å²) in [4.78, 5) is 0. The number of rotatable bonds is 3. The van der Waals surface area contributed by atoms with Crippen LogP contribution in [0.1, 0.15) is 33.2 Å². The Kier molecular flexibility index (Phi) is 3.77. The van der Waals surface area contributed by atoms with Gasteiger partial charge in [0.1, 0.15) is 0 Å². The molecule has 4 aromatic rings. The molecular weight excluding hydrogens is 379 g/mol. The van der Waals surface area contributed by atoms with Gasteiger partial charge in [0.25, 0.3) is 0 Å². The Balaban J connectivity index is 1.56. The van der Waals surface area contributed by atoms with E-state index in [1.54, 1.807) is 0 Å². The maximum atomic E-state index is 8.70. The van der Waals surface area contributed by atoms with Crippen molar-refractivity contribution in [3.05, 3.63) is 90.9 Å². The summed E-state index contributed by atoms with van der Waals surface area (Å²) in [7, 11) is -0.962. The highest BCUT2D eigenvalue weighted by Gasteiger charge is 2.51. The molecule has 0 atom stereocenters. The zero-order valence-corrected chi connectivity index (χ0v) is 18.2. The first-order valence-electron chi connectivity index (χ1n) is 12.6. The van der Waals surface area contributed by atoms with Gasteiger partial charge in [0.05, 0.1) is 16.7 Å². The Morgan fingerprint density at radius 1 is 0.645 bits per heavy atom. The second-order valence-electron chi connectivity index (χ2n) is 8.98. The van der Waals surface area contributed by atoms with Crippen LogP contribution in [-0.2, 0) is 9.31 Å². The molecule has 154 valence electrons. The van der Waals surface area contributed by atoms with Crippen LogP contribution in [0.15, 0.2) is 90.9 Å². The summed E-state index contributed by atoms with van der Waals surface area (Å²) in [6, 6.07) is 21.6. The van der Waals surface area contributed by atoms with Crippen molar-refractivity contribution in [3.63, 3.8) is 0 Å². The van der Waals surface area contributed by atoms with E-state index >= 15 is 0 Å². The molecule has 2 nitrogen and oxygen atoms in total. The molecule has 1 aliphatic rings. The molecule has 3 heteroatoms. The SMILES string of the molecule is [2H]c1c([2H])c(-c2ccc(-c3cccc4ccccc34)cc2)c([2H])c([2H])c1B1OC(C)(C)C(C)(C)O1. The van der Waals surface area contributed by atoms with Gasteiger partial charge in [-0.25, -0.2) is 0 Å². The van der Waals surface area contributed by atoms with E-state index in [1.165, 1.54) is 0 Å². The second kappa shape index (κ2) is 7.37. The zero-order valence-electron chi connectivity index (χ0n) is 22.2. The van der Waals surface area contributed by atoms with E-state index in [-0.39, 0.29) is 35.2 Å². The first-order chi connectivity index (χ1) is 16.5. The number of benzene rings is 4. The molecular formula is C28H27BO2. The molecule has 0 spiro atoms. The Bertz CT molecular complexity index is 1400. The predicted molar refractivity (Wildman–Crippen MR) is 131 cm³/mol. The Labute approximate surface area is 190 Å². The molecule has 1 heterocycles. The van der Waals surface area contributed by atoms with Gasteiger partial charge in [-0.1, -0.05) is 90.9 Å². The van der Waals surface area contributed by atoms with Crippen molar-refractivity contribution in [1.82, 2.24) is 0 Å². The summed E-state index contributed by atoms with van der Waals surface area (Å²) < 4.78 is 46.8. The summed E-state index contributed by atoms with van der Waals surface area (Å²) in [6.45, 7) is 7.59. The maximum absolute atomic E-state index is 8.70. The van der Waals surface area contributed by atoms with Crippen molar-refractivity contribution in [3.8, 4) is 22.3 Å². The minimum atomic E-state index is -0.962. The highest BCUT2D eigenvalue weighted by Crippen LogP contribution is 2.36. The summed E-state index contributed by atoms with van der Waals surface area (Å²) in [5.41, 5.74) is 1.87. The quantitative estimate of drug-likeness (QED) is 0.360. The first-order valence-corrected chi connectivity index (χ1v) is 10.6. The number of hydrogen-bond acceptors (Lipinski definition) is 2. The third-order valence-corrected chi connectivity index (χ3v) is 6.41. The van der Waals surface area contributed by atoms with Crippen LogP contribution in [-0.4, -0.2) is 18.3 Å². The Morgan fingerprint density at radius 3 is 1.90 bits per heavy atom. The monoisotopic (exact) mass is 410 g/mol. The van der Waals surface area contributed by atoms with Gasteiger partial charge >= 0.3 is 7.12 Å². The third kappa shape index (κ3) is 3.58. The minimum Gasteiger partial charge on any atom is -0.399 e.